The topological polar surface area (TPSA) is 72.5 Å². The average molecular weight is 360 g/mol. The van der Waals surface area contributed by atoms with E-state index < -0.39 is 11.7 Å². The van der Waals surface area contributed by atoms with E-state index >= 15 is 0 Å². The van der Waals surface area contributed by atoms with Crippen LogP contribution in [0.2, 0.25) is 0 Å². The smallest absolute Gasteiger partial charge is 0.278 e. The molecule has 0 unspecified atom stereocenters. The van der Waals surface area contributed by atoms with E-state index in [4.69, 9.17) is 5.73 Å². The molecule has 0 radical (unpaired) electrons. The molecular formula is C22H17FN2O2. The molecular weight excluding hydrogens is 343 g/mol. The Hall–Kier alpha value is -3.60. The molecule has 0 aromatic heterocycles. The van der Waals surface area contributed by atoms with Crippen LogP contribution in [0.3, 0.4) is 0 Å². The first kappa shape index (κ1) is 18.2. The van der Waals surface area contributed by atoms with Crippen LogP contribution in [0, 0.1) is 12.7 Å². The molecule has 0 aliphatic heterocycles. The number of carbonyl (C=O) groups is 2. The number of nitrogens with zero attached hydrogens (tertiary/aromatic N) is 1. The van der Waals surface area contributed by atoms with Gasteiger partial charge in [-0.3, -0.25) is 9.59 Å². The quantitative estimate of drug-likeness (QED) is 0.431. The third-order valence-electron chi connectivity index (χ3n) is 4.23. The zero-order chi connectivity index (χ0) is 19.4. The van der Waals surface area contributed by atoms with E-state index in [-0.39, 0.29) is 17.0 Å². The van der Waals surface area contributed by atoms with Crippen LogP contribution in [0.4, 0.5) is 4.39 Å². The van der Waals surface area contributed by atoms with Crippen molar-refractivity contribution < 1.29 is 14.0 Å². The molecule has 0 spiro atoms. The molecule has 27 heavy (non-hydrogen) atoms. The number of aliphatic imine (C=N–C) groups is 1. The lowest BCUT2D eigenvalue weighted by Crippen LogP contribution is -2.16. The minimum atomic E-state index is -0.712. The minimum absolute atomic E-state index is 0.0790. The highest BCUT2D eigenvalue weighted by Crippen LogP contribution is 2.23. The Bertz CT molecular complexity index is 1040. The van der Waals surface area contributed by atoms with Crippen LogP contribution in [0.25, 0.3) is 11.1 Å². The van der Waals surface area contributed by atoms with Gasteiger partial charge >= 0.3 is 0 Å². The Morgan fingerprint density at radius 1 is 1.00 bits per heavy atom. The first-order chi connectivity index (χ1) is 13.0. The molecule has 0 aliphatic rings. The van der Waals surface area contributed by atoms with Gasteiger partial charge in [0.25, 0.3) is 5.91 Å². The summed E-state index contributed by atoms with van der Waals surface area (Å²) in [5.41, 5.74) is 9.56. The van der Waals surface area contributed by atoms with E-state index in [0.29, 0.717) is 11.8 Å². The molecule has 4 nitrogen and oxygen atoms in total. The average Bonchev–Trinajstić information content (AvgIpc) is 2.68. The first-order valence-electron chi connectivity index (χ1n) is 8.29. The van der Waals surface area contributed by atoms with E-state index in [9.17, 15) is 14.0 Å². The van der Waals surface area contributed by atoms with Crippen molar-refractivity contribution in [1.82, 2.24) is 0 Å². The summed E-state index contributed by atoms with van der Waals surface area (Å²) in [6.07, 6.45) is 0.410. The molecule has 2 N–H and O–H groups in total. The zero-order valence-corrected chi connectivity index (χ0v) is 14.6. The molecule has 0 saturated heterocycles. The highest BCUT2D eigenvalue weighted by molar-refractivity contribution is 6.09. The van der Waals surface area contributed by atoms with Crippen LogP contribution >= 0.6 is 0 Å². The Balaban J connectivity index is 1.83. The number of aryl methyl sites for hydroxylation is 1. The molecule has 3 rings (SSSR count). The number of benzene rings is 3. The van der Waals surface area contributed by atoms with Gasteiger partial charge in [-0.15, -0.1) is 0 Å². The number of halogens is 1. The van der Waals surface area contributed by atoms with Crippen molar-refractivity contribution in [3.63, 3.8) is 0 Å². The molecule has 1 amide bonds. The van der Waals surface area contributed by atoms with Gasteiger partial charge in [0.1, 0.15) is 11.7 Å². The second-order valence-corrected chi connectivity index (χ2v) is 6.05. The number of amides is 1. The van der Waals surface area contributed by atoms with Gasteiger partial charge in [0.05, 0.1) is 5.56 Å². The van der Waals surface area contributed by atoms with E-state index in [0.717, 1.165) is 22.8 Å². The summed E-state index contributed by atoms with van der Waals surface area (Å²) < 4.78 is 13.7. The van der Waals surface area contributed by atoms with E-state index in [1.165, 1.54) is 12.1 Å². The molecule has 0 bridgehead atoms. The molecule has 0 aliphatic carbocycles. The zero-order valence-electron chi connectivity index (χ0n) is 14.6. The summed E-state index contributed by atoms with van der Waals surface area (Å²) in [7, 11) is 0. The maximum atomic E-state index is 13.7. The van der Waals surface area contributed by atoms with Crippen molar-refractivity contribution in [2.24, 2.45) is 10.7 Å². The second-order valence-electron chi connectivity index (χ2n) is 6.05. The van der Waals surface area contributed by atoms with Gasteiger partial charge in [-0.05, 0) is 47.9 Å². The second kappa shape index (κ2) is 7.74. The number of hydrogen-bond acceptors (Lipinski definition) is 2. The van der Waals surface area contributed by atoms with Gasteiger partial charge in [-0.2, -0.15) is 4.99 Å². The Morgan fingerprint density at radius 2 is 1.67 bits per heavy atom. The molecule has 0 atom stereocenters. The van der Waals surface area contributed by atoms with Crippen molar-refractivity contribution in [2.75, 3.05) is 0 Å². The number of nitrogens with two attached hydrogens (primary N) is 1. The van der Waals surface area contributed by atoms with Crippen molar-refractivity contribution in [1.29, 1.82) is 0 Å². The fourth-order valence-corrected chi connectivity index (χ4v) is 2.71. The molecule has 0 fully saturated rings. The minimum Gasteiger partial charge on any atom is -0.383 e. The molecule has 5 heteroatoms. The number of rotatable bonds is 4. The summed E-state index contributed by atoms with van der Waals surface area (Å²) in [5, 5.41) is 0. The number of carbonyl (C=O) groups excluding carboxylic acids is 2. The van der Waals surface area contributed by atoms with Crippen molar-refractivity contribution in [3.05, 3.63) is 94.8 Å². The predicted molar refractivity (Wildman–Crippen MR) is 103 cm³/mol. The van der Waals surface area contributed by atoms with Gasteiger partial charge in [0, 0.05) is 11.1 Å². The third kappa shape index (κ3) is 3.98. The van der Waals surface area contributed by atoms with Crippen molar-refractivity contribution in [3.8, 4) is 11.1 Å². The van der Waals surface area contributed by atoms with Crippen LogP contribution in [-0.4, -0.2) is 18.0 Å². The van der Waals surface area contributed by atoms with E-state index in [2.05, 4.69) is 4.99 Å². The summed E-state index contributed by atoms with van der Waals surface area (Å²) >= 11 is 0. The largest absolute Gasteiger partial charge is 0.383 e. The molecule has 0 heterocycles. The van der Waals surface area contributed by atoms with Gasteiger partial charge in [0.15, 0.2) is 6.29 Å². The number of amidine groups is 1. The van der Waals surface area contributed by atoms with E-state index in [1.54, 1.807) is 12.1 Å². The Kier molecular flexibility index (Phi) is 5.22. The number of aldehydes is 1. The summed E-state index contributed by atoms with van der Waals surface area (Å²) in [6, 6.07) is 18.8. The SMILES string of the molecule is Cc1ccccc1-c1ccc(C(=O)N=C(N)c2ccc(C=O)c(F)c2)cc1. The Labute approximate surface area is 156 Å². The monoisotopic (exact) mass is 360 g/mol. The highest BCUT2D eigenvalue weighted by Gasteiger charge is 2.10. The standard InChI is InChI=1S/C22H17FN2O2/c1-14-4-2-3-5-19(14)15-6-8-16(9-7-15)22(27)25-21(24)17-10-11-18(13-26)20(23)12-17/h2-13H,1H3,(H2,24,25,27). The van der Waals surface area contributed by atoms with Crippen molar-refractivity contribution in [2.45, 2.75) is 6.92 Å². The van der Waals surface area contributed by atoms with Gasteiger partial charge < -0.3 is 5.73 Å². The molecule has 3 aromatic rings. The van der Waals surface area contributed by atoms with Crippen LogP contribution in [0.1, 0.15) is 31.8 Å². The Morgan fingerprint density at radius 3 is 2.30 bits per heavy atom. The third-order valence-corrected chi connectivity index (χ3v) is 4.23. The predicted octanol–water partition coefficient (Wildman–Crippen LogP) is 4.16. The number of hydrogen-bond donors (Lipinski definition) is 1. The van der Waals surface area contributed by atoms with Crippen LogP contribution in [-0.2, 0) is 0 Å². The van der Waals surface area contributed by atoms with Crippen LogP contribution in [0.15, 0.2) is 71.7 Å². The van der Waals surface area contributed by atoms with E-state index in [1.807, 2.05) is 43.3 Å². The maximum Gasteiger partial charge on any atom is 0.278 e. The molecule has 3 aromatic carbocycles. The first-order valence-corrected chi connectivity index (χ1v) is 8.29. The molecule has 0 saturated carbocycles. The van der Waals surface area contributed by atoms with Gasteiger partial charge in [-0.1, -0.05) is 42.5 Å². The summed E-state index contributed by atoms with van der Waals surface area (Å²) in [4.78, 5) is 26.8. The van der Waals surface area contributed by atoms with Crippen molar-refractivity contribution >= 4 is 18.0 Å². The van der Waals surface area contributed by atoms with Gasteiger partial charge in [0.2, 0.25) is 0 Å². The lowest BCUT2D eigenvalue weighted by Gasteiger charge is -2.06. The van der Waals surface area contributed by atoms with Crippen LogP contribution in [0.5, 0.6) is 0 Å². The van der Waals surface area contributed by atoms with Crippen LogP contribution < -0.4 is 5.73 Å². The normalized spacial score (nSPS) is 11.3. The fourth-order valence-electron chi connectivity index (χ4n) is 2.71. The lowest BCUT2D eigenvalue weighted by atomic mass is 9.99. The lowest BCUT2D eigenvalue weighted by molar-refractivity contribution is 0.100. The summed E-state index contributed by atoms with van der Waals surface area (Å²) in [6.45, 7) is 2.02. The molecule has 134 valence electrons. The summed E-state index contributed by atoms with van der Waals surface area (Å²) in [5.74, 6) is -1.35. The maximum absolute atomic E-state index is 13.7. The highest BCUT2D eigenvalue weighted by atomic mass is 19.1. The fraction of sp³-hybridized carbons (Fsp3) is 0.0455. The van der Waals surface area contributed by atoms with Gasteiger partial charge in [-0.25, -0.2) is 4.39 Å².